The van der Waals surface area contributed by atoms with Crippen LogP contribution in [0.3, 0.4) is 0 Å². The van der Waals surface area contributed by atoms with Gasteiger partial charge in [0.2, 0.25) is 5.72 Å². The molecule has 0 aliphatic carbocycles. The quantitative estimate of drug-likeness (QED) is 0.793. The first-order valence-corrected chi connectivity index (χ1v) is 7.83. The van der Waals surface area contributed by atoms with E-state index in [9.17, 15) is 27.5 Å². The van der Waals surface area contributed by atoms with Crippen LogP contribution in [0.4, 0.5) is 17.6 Å². The van der Waals surface area contributed by atoms with Gasteiger partial charge in [-0.3, -0.25) is 9.48 Å². The Balaban J connectivity index is 2.45. The summed E-state index contributed by atoms with van der Waals surface area (Å²) >= 11 is 6.03. The molecule has 1 aliphatic heterocycles. The van der Waals surface area contributed by atoms with E-state index in [0.717, 1.165) is 0 Å². The van der Waals surface area contributed by atoms with Crippen molar-refractivity contribution in [2.45, 2.75) is 58.2 Å². The molecule has 1 aromatic rings. The number of nitrogens with zero attached hydrogens (tertiary/aromatic N) is 4. The second kappa shape index (κ2) is 6.91. The molecule has 140 valence electrons. The van der Waals surface area contributed by atoms with Crippen molar-refractivity contribution in [2.24, 2.45) is 5.10 Å². The molecule has 0 aromatic carbocycles. The number of hydrogen-bond donors (Lipinski definition) is 1. The predicted molar refractivity (Wildman–Crippen MR) is 81.9 cm³/mol. The summed E-state index contributed by atoms with van der Waals surface area (Å²) in [5.74, 6) is -1.07. The van der Waals surface area contributed by atoms with E-state index in [4.69, 9.17) is 11.6 Å². The Labute approximate surface area is 146 Å². The number of alkyl halides is 4. The van der Waals surface area contributed by atoms with Gasteiger partial charge in [-0.25, -0.2) is 17.6 Å². The van der Waals surface area contributed by atoms with Crippen molar-refractivity contribution in [3.8, 4) is 0 Å². The number of aryl methyl sites for hydroxylation is 1. The lowest BCUT2D eigenvalue weighted by Gasteiger charge is -2.32. The number of aromatic nitrogens is 2. The third-order valence-corrected chi connectivity index (χ3v) is 4.60. The van der Waals surface area contributed by atoms with Crippen LogP contribution in [-0.2, 0) is 4.79 Å². The van der Waals surface area contributed by atoms with Gasteiger partial charge in [-0.2, -0.15) is 15.2 Å². The monoisotopic (exact) mass is 384 g/mol. The van der Waals surface area contributed by atoms with Crippen LogP contribution in [0.5, 0.6) is 0 Å². The molecule has 1 N–H and O–H groups in total. The summed E-state index contributed by atoms with van der Waals surface area (Å²) in [7, 11) is 0. The van der Waals surface area contributed by atoms with E-state index < -0.39 is 42.7 Å². The number of carbonyl (C=O) groups is 1. The van der Waals surface area contributed by atoms with Crippen LogP contribution < -0.4 is 0 Å². The molecule has 2 rings (SSSR count). The average Bonchev–Trinajstić information content (AvgIpc) is 3.02. The Hall–Kier alpha value is -1.68. The smallest absolute Gasteiger partial charge is 0.287 e. The zero-order valence-electron chi connectivity index (χ0n) is 13.7. The minimum atomic E-state index is -3.47. The van der Waals surface area contributed by atoms with Crippen LogP contribution in [0, 0.1) is 13.8 Å². The molecule has 1 aliphatic rings. The van der Waals surface area contributed by atoms with Crippen LogP contribution in [0.2, 0.25) is 5.02 Å². The molecule has 6 nitrogen and oxygen atoms in total. The largest absolute Gasteiger partial charge is 0.364 e. The van der Waals surface area contributed by atoms with E-state index in [1.165, 1.54) is 4.68 Å². The highest BCUT2D eigenvalue weighted by Crippen LogP contribution is 2.36. The van der Waals surface area contributed by atoms with Crippen molar-refractivity contribution in [3.63, 3.8) is 0 Å². The van der Waals surface area contributed by atoms with Crippen LogP contribution in [0.25, 0.3) is 0 Å². The summed E-state index contributed by atoms with van der Waals surface area (Å²) in [6.45, 7) is 4.76. The maximum absolute atomic E-state index is 13.3. The lowest BCUT2D eigenvalue weighted by molar-refractivity contribution is -0.194. The standard InChI is InChI=1S/C14H17ClF4N4O2/c1-4-9(22-7(3)10(15)6(2)20-22)12(24)23-14(25,13(18)19)5-8(21-23)11(16)17/h9,11,13,25H,4-5H2,1-3H3/t9-,14+/m1/s1. The number of halogens is 5. The Morgan fingerprint density at radius 1 is 1.36 bits per heavy atom. The van der Waals surface area contributed by atoms with Gasteiger partial charge in [0.05, 0.1) is 16.4 Å². The van der Waals surface area contributed by atoms with Crippen LogP contribution in [0.15, 0.2) is 5.10 Å². The summed E-state index contributed by atoms with van der Waals surface area (Å²) in [6, 6.07) is -1.13. The summed E-state index contributed by atoms with van der Waals surface area (Å²) in [6.07, 6.45) is -7.65. The van der Waals surface area contributed by atoms with Crippen LogP contribution in [-0.4, -0.2) is 50.1 Å². The van der Waals surface area contributed by atoms with Gasteiger partial charge in [-0.05, 0) is 20.3 Å². The highest BCUT2D eigenvalue weighted by molar-refractivity contribution is 6.31. The van der Waals surface area contributed by atoms with Crippen molar-refractivity contribution in [1.29, 1.82) is 0 Å². The second-order valence-electron chi connectivity index (χ2n) is 5.75. The lowest BCUT2D eigenvalue weighted by atomic mass is 10.1. The van der Waals surface area contributed by atoms with Gasteiger partial charge in [0.25, 0.3) is 18.8 Å². The summed E-state index contributed by atoms with van der Waals surface area (Å²) in [5.41, 5.74) is -3.25. The van der Waals surface area contributed by atoms with Crippen molar-refractivity contribution >= 4 is 23.2 Å². The zero-order valence-corrected chi connectivity index (χ0v) is 14.4. The molecule has 2 atom stereocenters. The SMILES string of the molecule is CC[C@H](C(=O)N1N=C(C(F)F)C[C@]1(O)C(F)F)n1nc(C)c(Cl)c1C. The lowest BCUT2D eigenvalue weighted by Crippen LogP contribution is -2.53. The predicted octanol–water partition coefficient (Wildman–Crippen LogP) is 2.91. The fraction of sp³-hybridized carbons (Fsp3) is 0.643. The van der Waals surface area contributed by atoms with E-state index in [1.807, 2.05) is 0 Å². The maximum atomic E-state index is 13.3. The normalized spacial score (nSPS) is 22.0. The molecule has 1 amide bonds. The first-order valence-electron chi connectivity index (χ1n) is 7.45. The molecule has 0 unspecified atom stereocenters. The van der Waals surface area contributed by atoms with E-state index in [0.29, 0.717) is 16.4 Å². The highest BCUT2D eigenvalue weighted by Gasteiger charge is 2.54. The maximum Gasteiger partial charge on any atom is 0.287 e. The molecule has 0 fully saturated rings. The number of carbonyl (C=O) groups excluding carboxylic acids is 1. The molecule has 0 saturated carbocycles. The third-order valence-electron chi connectivity index (χ3n) is 4.05. The average molecular weight is 385 g/mol. The number of aliphatic hydroxyl groups is 1. The molecular formula is C14H17ClF4N4O2. The van der Waals surface area contributed by atoms with Crippen LogP contribution in [0.1, 0.15) is 37.2 Å². The first-order chi connectivity index (χ1) is 11.5. The van der Waals surface area contributed by atoms with E-state index in [1.54, 1.807) is 20.8 Å². The number of amides is 1. The van der Waals surface area contributed by atoms with Gasteiger partial charge < -0.3 is 5.11 Å². The minimum Gasteiger partial charge on any atom is -0.364 e. The van der Waals surface area contributed by atoms with Crippen molar-refractivity contribution in [2.75, 3.05) is 0 Å². The number of rotatable bonds is 5. The molecule has 2 heterocycles. The molecule has 25 heavy (non-hydrogen) atoms. The Bertz CT molecular complexity index is 709. The van der Waals surface area contributed by atoms with Crippen molar-refractivity contribution in [3.05, 3.63) is 16.4 Å². The molecule has 11 heteroatoms. The molecule has 0 bridgehead atoms. The third kappa shape index (κ3) is 3.24. The Morgan fingerprint density at radius 2 is 1.96 bits per heavy atom. The number of hydrazone groups is 1. The molecule has 0 spiro atoms. The van der Waals surface area contributed by atoms with Gasteiger partial charge in [-0.1, -0.05) is 18.5 Å². The summed E-state index contributed by atoms with van der Waals surface area (Å²) in [4.78, 5) is 12.7. The second-order valence-corrected chi connectivity index (χ2v) is 6.13. The topological polar surface area (TPSA) is 70.7 Å². The summed E-state index contributed by atoms with van der Waals surface area (Å²) < 4.78 is 53.5. The highest BCUT2D eigenvalue weighted by atomic mass is 35.5. The van der Waals surface area contributed by atoms with Gasteiger partial charge in [0.1, 0.15) is 11.8 Å². The molecular weight excluding hydrogens is 368 g/mol. The zero-order chi connectivity index (χ0) is 19.1. The van der Waals surface area contributed by atoms with Gasteiger partial charge in [0, 0.05) is 6.42 Å². The Kier molecular flexibility index (Phi) is 5.43. The first kappa shape index (κ1) is 19.6. The fourth-order valence-corrected chi connectivity index (χ4v) is 2.79. The molecule has 0 saturated heterocycles. The van der Waals surface area contributed by atoms with Gasteiger partial charge in [0.15, 0.2) is 0 Å². The fourth-order valence-electron chi connectivity index (χ4n) is 2.66. The summed E-state index contributed by atoms with van der Waals surface area (Å²) in [5, 5.41) is 17.8. The van der Waals surface area contributed by atoms with E-state index in [2.05, 4.69) is 10.2 Å². The van der Waals surface area contributed by atoms with Crippen molar-refractivity contribution in [1.82, 2.24) is 14.8 Å². The molecule has 0 radical (unpaired) electrons. The Morgan fingerprint density at radius 3 is 2.36 bits per heavy atom. The number of hydrogen-bond acceptors (Lipinski definition) is 4. The minimum absolute atomic E-state index is 0.0533. The van der Waals surface area contributed by atoms with E-state index >= 15 is 0 Å². The van der Waals surface area contributed by atoms with Crippen LogP contribution >= 0.6 is 11.6 Å². The van der Waals surface area contributed by atoms with E-state index in [-0.39, 0.29) is 11.4 Å². The van der Waals surface area contributed by atoms with Crippen molar-refractivity contribution < 1.29 is 27.5 Å². The van der Waals surface area contributed by atoms with Gasteiger partial charge in [-0.15, -0.1) is 0 Å². The molecule has 1 aromatic heterocycles. The van der Waals surface area contributed by atoms with Gasteiger partial charge >= 0.3 is 0 Å².